The van der Waals surface area contributed by atoms with Gasteiger partial charge in [-0.15, -0.1) is 0 Å². The smallest absolute Gasteiger partial charge is 0.0635 e. The highest BCUT2D eigenvalue weighted by Crippen LogP contribution is 2.07. The molecule has 0 unspecified atom stereocenters. The Morgan fingerprint density at radius 1 is 1.50 bits per heavy atom. The van der Waals surface area contributed by atoms with Gasteiger partial charge in [-0.3, -0.25) is 9.58 Å². The van der Waals surface area contributed by atoms with Crippen LogP contribution in [0.1, 0.15) is 31.7 Å². The molecule has 88 valence electrons. The molecule has 1 heterocycles. The minimum absolute atomic E-state index is 0.590. The van der Waals surface area contributed by atoms with E-state index in [1.165, 1.54) is 5.69 Å². The Morgan fingerprint density at radius 2 is 2.25 bits per heavy atom. The summed E-state index contributed by atoms with van der Waals surface area (Å²) in [7, 11) is 1.98. The molecule has 0 fully saturated rings. The summed E-state index contributed by atoms with van der Waals surface area (Å²) in [6.07, 6.45) is 1.56. The molecule has 1 aromatic heterocycles. The van der Waals surface area contributed by atoms with Gasteiger partial charge in [0.15, 0.2) is 0 Å². The second-order valence-corrected chi connectivity index (χ2v) is 3.88. The van der Waals surface area contributed by atoms with Gasteiger partial charge in [0, 0.05) is 26.6 Å². The Hall–Kier alpha value is -1.34. The van der Waals surface area contributed by atoms with Crippen molar-refractivity contribution in [1.82, 2.24) is 14.7 Å². The van der Waals surface area contributed by atoms with E-state index in [1.807, 2.05) is 11.7 Å². The van der Waals surface area contributed by atoms with E-state index in [0.29, 0.717) is 6.42 Å². The van der Waals surface area contributed by atoms with Crippen molar-refractivity contribution in [2.75, 3.05) is 13.1 Å². The van der Waals surface area contributed by atoms with Crippen LogP contribution in [0.5, 0.6) is 0 Å². The van der Waals surface area contributed by atoms with Crippen LogP contribution in [0.25, 0.3) is 0 Å². The Labute approximate surface area is 97.5 Å². The second kappa shape index (κ2) is 6.29. The van der Waals surface area contributed by atoms with Crippen molar-refractivity contribution >= 4 is 0 Å². The standard InChI is InChI=1S/C12H20N4/c1-4-11-9-12(15(3)14-11)10-16(5-2)8-6-7-13/h9H,4-6,8,10H2,1-3H3. The summed E-state index contributed by atoms with van der Waals surface area (Å²) in [6, 6.07) is 4.33. The predicted octanol–water partition coefficient (Wildman–Crippen LogP) is 1.72. The molecule has 0 saturated heterocycles. The Balaban J connectivity index is 2.62. The van der Waals surface area contributed by atoms with Crippen LogP contribution >= 0.6 is 0 Å². The zero-order valence-electron chi connectivity index (χ0n) is 10.4. The molecule has 0 amide bonds. The van der Waals surface area contributed by atoms with Crippen LogP contribution in [-0.4, -0.2) is 27.8 Å². The third-order valence-electron chi connectivity index (χ3n) is 2.76. The van der Waals surface area contributed by atoms with E-state index >= 15 is 0 Å². The third kappa shape index (κ3) is 3.35. The Bertz CT molecular complexity index is 362. The normalized spacial score (nSPS) is 10.7. The van der Waals surface area contributed by atoms with Gasteiger partial charge in [0.25, 0.3) is 0 Å². The zero-order valence-corrected chi connectivity index (χ0v) is 10.4. The van der Waals surface area contributed by atoms with E-state index in [-0.39, 0.29) is 0 Å². The average Bonchev–Trinajstić information content (AvgIpc) is 2.65. The van der Waals surface area contributed by atoms with Gasteiger partial charge in [0.05, 0.1) is 17.5 Å². The lowest BCUT2D eigenvalue weighted by atomic mass is 10.3. The van der Waals surface area contributed by atoms with E-state index < -0.39 is 0 Å². The largest absolute Gasteiger partial charge is 0.297 e. The molecule has 0 bridgehead atoms. The first-order valence-corrected chi connectivity index (χ1v) is 5.82. The molecule has 4 heteroatoms. The number of nitriles is 1. The molecule has 0 N–H and O–H groups in total. The van der Waals surface area contributed by atoms with Gasteiger partial charge in [-0.2, -0.15) is 10.4 Å². The van der Waals surface area contributed by atoms with E-state index in [0.717, 1.165) is 31.7 Å². The van der Waals surface area contributed by atoms with E-state index in [2.05, 4.69) is 36.0 Å². The van der Waals surface area contributed by atoms with Crippen LogP contribution in [0.2, 0.25) is 0 Å². The molecule has 0 radical (unpaired) electrons. The van der Waals surface area contributed by atoms with E-state index in [9.17, 15) is 0 Å². The lowest BCUT2D eigenvalue weighted by molar-refractivity contribution is 0.279. The molecule has 0 atom stereocenters. The lowest BCUT2D eigenvalue weighted by Gasteiger charge is -2.18. The number of hydrogen-bond donors (Lipinski definition) is 0. The van der Waals surface area contributed by atoms with Crippen molar-refractivity contribution in [3.8, 4) is 6.07 Å². The molecule has 1 rings (SSSR count). The van der Waals surface area contributed by atoms with Crippen LogP contribution in [0, 0.1) is 11.3 Å². The molecule has 0 aliphatic rings. The molecule has 0 aromatic carbocycles. The maximum absolute atomic E-state index is 8.58. The number of nitrogens with zero attached hydrogens (tertiary/aromatic N) is 4. The minimum Gasteiger partial charge on any atom is -0.297 e. The van der Waals surface area contributed by atoms with Crippen LogP contribution < -0.4 is 0 Å². The van der Waals surface area contributed by atoms with Crippen molar-refractivity contribution in [2.45, 2.75) is 33.2 Å². The van der Waals surface area contributed by atoms with Crippen molar-refractivity contribution in [3.05, 3.63) is 17.5 Å². The van der Waals surface area contributed by atoms with Gasteiger partial charge >= 0.3 is 0 Å². The first-order valence-electron chi connectivity index (χ1n) is 5.82. The molecular formula is C12H20N4. The first-order chi connectivity index (χ1) is 7.71. The summed E-state index contributed by atoms with van der Waals surface area (Å²) >= 11 is 0. The fourth-order valence-corrected chi connectivity index (χ4v) is 1.68. The van der Waals surface area contributed by atoms with Crippen LogP contribution in [-0.2, 0) is 20.0 Å². The average molecular weight is 220 g/mol. The molecule has 0 spiro atoms. The fourth-order valence-electron chi connectivity index (χ4n) is 1.68. The highest BCUT2D eigenvalue weighted by molar-refractivity contribution is 5.10. The van der Waals surface area contributed by atoms with Crippen molar-refractivity contribution in [2.24, 2.45) is 7.05 Å². The number of aryl methyl sites for hydroxylation is 2. The van der Waals surface area contributed by atoms with Crippen molar-refractivity contribution in [3.63, 3.8) is 0 Å². The number of rotatable bonds is 6. The molecular weight excluding hydrogens is 200 g/mol. The van der Waals surface area contributed by atoms with Gasteiger partial charge in [-0.1, -0.05) is 13.8 Å². The SMILES string of the molecule is CCc1cc(CN(CC)CCC#N)n(C)n1. The monoisotopic (exact) mass is 220 g/mol. The van der Waals surface area contributed by atoms with Crippen molar-refractivity contribution < 1.29 is 0 Å². The first kappa shape index (κ1) is 12.7. The molecule has 0 aliphatic carbocycles. The summed E-state index contributed by atoms with van der Waals surface area (Å²) in [6.45, 7) is 6.91. The van der Waals surface area contributed by atoms with Crippen LogP contribution in [0.4, 0.5) is 0 Å². The van der Waals surface area contributed by atoms with Gasteiger partial charge in [0.2, 0.25) is 0 Å². The second-order valence-electron chi connectivity index (χ2n) is 3.88. The number of aromatic nitrogens is 2. The summed E-state index contributed by atoms with van der Waals surface area (Å²) in [5, 5.41) is 13.0. The minimum atomic E-state index is 0.590. The zero-order chi connectivity index (χ0) is 12.0. The summed E-state index contributed by atoms with van der Waals surface area (Å²) < 4.78 is 1.94. The molecule has 0 aliphatic heterocycles. The molecule has 0 saturated carbocycles. The summed E-state index contributed by atoms with van der Waals surface area (Å²) in [4.78, 5) is 2.26. The van der Waals surface area contributed by atoms with Crippen molar-refractivity contribution in [1.29, 1.82) is 5.26 Å². The molecule has 4 nitrogen and oxygen atoms in total. The third-order valence-corrected chi connectivity index (χ3v) is 2.76. The quantitative estimate of drug-likeness (QED) is 0.733. The Kier molecular flexibility index (Phi) is 5.00. The maximum atomic E-state index is 8.58. The Morgan fingerprint density at radius 3 is 2.75 bits per heavy atom. The molecule has 16 heavy (non-hydrogen) atoms. The lowest BCUT2D eigenvalue weighted by Crippen LogP contribution is -2.25. The van der Waals surface area contributed by atoms with Crippen LogP contribution in [0.3, 0.4) is 0 Å². The van der Waals surface area contributed by atoms with E-state index in [4.69, 9.17) is 5.26 Å². The number of hydrogen-bond acceptors (Lipinski definition) is 3. The highest BCUT2D eigenvalue weighted by atomic mass is 15.3. The summed E-state index contributed by atoms with van der Waals surface area (Å²) in [5.41, 5.74) is 2.35. The predicted molar refractivity (Wildman–Crippen MR) is 63.8 cm³/mol. The maximum Gasteiger partial charge on any atom is 0.0635 e. The van der Waals surface area contributed by atoms with Gasteiger partial charge in [-0.05, 0) is 19.0 Å². The topological polar surface area (TPSA) is 44.9 Å². The van der Waals surface area contributed by atoms with Crippen LogP contribution in [0.15, 0.2) is 6.07 Å². The highest BCUT2D eigenvalue weighted by Gasteiger charge is 2.08. The fraction of sp³-hybridized carbons (Fsp3) is 0.667. The van der Waals surface area contributed by atoms with Gasteiger partial charge < -0.3 is 0 Å². The van der Waals surface area contributed by atoms with Gasteiger partial charge in [-0.25, -0.2) is 0 Å². The molecule has 1 aromatic rings. The van der Waals surface area contributed by atoms with Gasteiger partial charge in [0.1, 0.15) is 0 Å². The van der Waals surface area contributed by atoms with E-state index in [1.54, 1.807) is 0 Å². The summed E-state index contributed by atoms with van der Waals surface area (Å²) in [5.74, 6) is 0.